The minimum Gasteiger partial charge on any atom is -0.436 e. The van der Waals surface area contributed by atoms with E-state index in [0.717, 1.165) is 16.7 Å². The summed E-state index contributed by atoms with van der Waals surface area (Å²) in [5.74, 6) is -0.359. The number of hydrogen-bond acceptors (Lipinski definition) is 5. The van der Waals surface area contributed by atoms with Gasteiger partial charge in [0.1, 0.15) is 5.56 Å². The first-order valence-corrected chi connectivity index (χ1v) is 11.6. The second kappa shape index (κ2) is 9.98. The van der Waals surface area contributed by atoms with Crippen LogP contribution in [0.3, 0.4) is 0 Å². The summed E-state index contributed by atoms with van der Waals surface area (Å²) in [5, 5.41) is 13.4. The topological polar surface area (TPSA) is 87.7 Å². The van der Waals surface area contributed by atoms with Crippen molar-refractivity contribution in [3.05, 3.63) is 119 Å². The number of amides is 1. The second-order valence-electron chi connectivity index (χ2n) is 8.58. The van der Waals surface area contributed by atoms with Gasteiger partial charge >= 0.3 is 0 Å². The molecule has 2 aromatic heterocycles. The minimum absolute atomic E-state index is 0.166. The van der Waals surface area contributed by atoms with Gasteiger partial charge in [0.2, 0.25) is 5.55 Å². The van der Waals surface area contributed by atoms with Crippen molar-refractivity contribution in [1.29, 1.82) is 0 Å². The molecule has 0 saturated carbocycles. The lowest BCUT2D eigenvalue weighted by atomic mass is 10.1. The van der Waals surface area contributed by atoms with E-state index in [2.05, 4.69) is 15.3 Å². The maximum atomic E-state index is 13.4. The molecule has 36 heavy (non-hydrogen) atoms. The standard InChI is InChI=1S/C30H25N3O3/c1-19-8-12-24(13-9-19)32-29(35)27-16-26-23(18-34)17-31-20(2)28(26)36-30(27)33-25-14-10-22(11-15-25)21-6-4-3-5-7-21/h3-17,34H,18H2,1-2H3,(H,32,35). The molecule has 0 radical (unpaired) electrons. The number of hydrogen-bond donors (Lipinski definition) is 2. The van der Waals surface area contributed by atoms with Crippen LogP contribution in [-0.4, -0.2) is 16.0 Å². The largest absolute Gasteiger partial charge is 0.436 e. The highest BCUT2D eigenvalue weighted by Gasteiger charge is 2.16. The van der Waals surface area contributed by atoms with Crippen molar-refractivity contribution in [2.75, 3.05) is 5.32 Å². The van der Waals surface area contributed by atoms with Gasteiger partial charge in [-0.1, -0.05) is 60.2 Å². The van der Waals surface area contributed by atoms with Gasteiger partial charge in [-0.2, -0.15) is 0 Å². The summed E-state index contributed by atoms with van der Waals surface area (Å²) < 4.78 is 6.16. The van der Waals surface area contributed by atoms with Crippen LogP contribution >= 0.6 is 0 Å². The van der Waals surface area contributed by atoms with Gasteiger partial charge in [0, 0.05) is 22.8 Å². The van der Waals surface area contributed by atoms with E-state index < -0.39 is 0 Å². The molecule has 3 aromatic carbocycles. The number of aliphatic hydroxyl groups excluding tert-OH is 1. The van der Waals surface area contributed by atoms with E-state index in [-0.39, 0.29) is 23.6 Å². The van der Waals surface area contributed by atoms with Crippen molar-refractivity contribution >= 4 is 28.3 Å². The summed E-state index contributed by atoms with van der Waals surface area (Å²) in [7, 11) is 0. The molecule has 0 aliphatic heterocycles. The van der Waals surface area contributed by atoms with Gasteiger partial charge in [0.25, 0.3) is 5.91 Å². The normalized spacial score (nSPS) is 11.6. The maximum absolute atomic E-state index is 13.4. The smallest absolute Gasteiger partial charge is 0.261 e. The Kier molecular flexibility index (Phi) is 6.43. The third-order valence-electron chi connectivity index (χ3n) is 5.98. The molecular weight excluding hydrogens is 450 g/mol. The highest BCUT2D eigenvalue weighted by Crippen LogP contribution is 2.24. The molecule has 0 spiro atoms. The number of aliphatic hydroxyl groups is 1. The summed E-state index contributed by atoms with van der Waals surface area (Å²) >= 11 is 0. The first-order chi connectivity index (χ1) is 17.5. The van der Waals surface area contributed by atoms with Crippen molar-refractivity contribution < 1.29 is 14.3 Å². The quantitative estimate of drug-likeness (QED) is 0.322. The van der Waals surface area contributed by atoms with E-state index in [1.807, 2.05) is 92.7 Å². The van der Waals surface area contributed by atoms with Crippen LogP contribution in [0.4, 0.5) is 11.4 Å². The fraction of sp³-hybridized carbons (Fsp3) is 0.100. The fourth-order valence-corrected chi connectivity index (χ4v) is 3.97. The number of nitrogens with zero attached hydrogens (tertiary/aromatic N) is 2. The van der Waals surface area contributed by atoms with E-state index in [1.165, 1.54) is 0 Å². The number of aromatic nitrogens is 1. The van der Waals surface area contributed by atoms with E-state index in [4.69, 9.17) is 4.42 Å². The monoisotopic (exact) mass is 475 g/mol. The predicted molar refractivity (Wildman–Crippen MR) is 141 cm³/mol. The molecule has 0 unspecified atom stereocenters. The number of benzene rings is 3. The molecule has 0 atom stereocenters. The average molecular weight is 476 g/mol. The van der Waals surface area contributed by atoms with Crippen LogP contribution in [0.5, 0.6) is 0 Å². The molecule has 0 aliphatic carbocycles. The molecular formula is C30H25N3O3. The SMILES string of the molecule is Cc1ccc(NC(=O)c2cc3c(CO)cnc(C)c3oc2=Nc2ccc(-c3ccccc3)cc2)cc1. The van der Waals surface area contributed by atoms with Gasteiger partial charge in [-0.3, -0.25) is 9.78 Å². The number of fused-ring (bicyclic) bond motifs is 1. The lowest BCUT2D eigenvalue weighted by Gasteiger charge is -2.10. The van der Waals surface area contributed by atoms with Crippen molar-refractivity contribution in [3.8, 4) is 11.1 Å². The number of pyridine rings is 1. The zero-order chi connectivity index (χ0) is 25.1. The zero-order valence-corrected chi connectivity index (χ0v) is 20.0. The second-order valence-corrected chi connectivity index (χ2v) is 8.58. The van der Waals surface area contributed by atoms with Crippen molar-refractivity contribution in [3.63, 3.8) is 0 Å². The Morgan fingerprint density at radius 3 is 2.33 bits per heavy atom. The van der Waals surface area contributed by atoms with Crippen LogP contribution in [0.15, 0.2) is 101 Å². The summed E-state index contributed by atoms with van der Waals surface area (Å²) in [4.78, 5) is 22.4. The molecule has 0 aliphatic rings. The minimum atomic E-state index is -0.359. The first kappa shape index (κ1) is 23.2. The molecule has 0 bridgehead atoms. The van der Waals surface area contributed by atoms with E-state index in [1.54, 1.807) is 12.3 Å². The number of carbonyl (C=O) groups is 1. The van der Waals surface area contributed by atoms with Crippen molar-refractivity contribution in [2.45, 2.75) is 20.5 Å². The van der Waals surface area contributed by atoms with Crippen LogP contribution in [0.2, 0.25) is 0 Å². The lowest BCUT2D eigenvalue weighted by molar-refractivity contribution is 0.102. The number of anilines is 1. The van der Waals surface area contributed by atoms with Gasteiger partial charge in [0.15, 0.2) is 5.58 Å². The lowest BCUT2D eigenvalue weighted by Crippen LogP contribution is -2.22. The third kappa shape index (κ3) is 4.80. The molecule has 1 amide bonds. The molecule has 5 aromatic rings. The molecule has 2 heterocycles. The van der Waals surface area contributed by atoms with Crippen LogP contribution in [0, 0.1) is 13.8 Å². The highest BCUT2D eigenvalue weighted by atomic mass is 16.3. The van der Waals surface area contributed by atoms with E-state index >= 15 is 0 Å². The Morgan fingerprint density at radius 2 is 1.64 bits per heavy atom. The van der Waals surface area contributed by atoms with Crippen LogP contribution in [0.25, 0.3) is 22.1 Å². The summed E-state index contributed by atoms with van der Waals surface area (Å²) in [6.45, 7) is 3.58. The Balaban J connectivity index is 1.62. The van der Waals surface area contributed by atoms with E-state index in [0.29, 0.717) is 33.6 Å². The molecule has 6 heteroatoms. The molecule has 0 saturated heterocycles. The predicted octanol–water partition coefficient (Wildman–Crippen LogP) is 6.09. The zero-order valence-electron chi connectivity index (χ0n) is 20.0. The Bertz CT molecular complexity index is 1600. The van der Waals surface area contributed by atoms with Gasteiger partial charge in [0.05, 0.1) is 18.0 Å². The van der Waals surface area contributed by atoms with E-state index in [9.17, 15) is 9.90 Å². The number of rotatable bonds is 5. The van der Waals surface area contributed by atoms with Gasteiger partial charge in [-0.25, -0.2) is 4.99 Å². The molecule has 178 valence electrons. The average Bonchev–Trinajstić information content (AvgIpc) is 2.91. The Hall–Kier alpha value is -4.55. The number of nitrogens with one attached hydrogen (secondary N) is 1. The number of aryl methyl sites for hydroxylation is 2. The van der Waals surface area contributed by atoms with Crippen molar-refractivity contribution in [2.24, 2.45) is 4.99 Å². The molecule has 6 nitrogen and oxygen atoms in total. The Labute approximate surface area is 208 Å². The molecule has 0 fully saturated rings. The van der Waals surface area contributed by atoms with Crippen LogP contribution in [-0.2, 0) is 6.61 Å². The fourth-order valence-electron chi connectivity index (χ4n) is 3.97. The molecule has 2 N–H and O–H groups in total. The van der Waals surface area contributed by atoms with Crippen LogP contribution < -0.4 is 10.9 Å². The van der Waals surface area contributed by atoms with Gasteiger partial charge in [-0.05, 0) is 55.3 Å². The summed E-state index contributed by atoms with van der Waals surface area (Å²) in [6, 6.07) is 27.1. The van der Waals surface area contributed by atoms with Gasteiger partial charge < -0.3 is 14.8 Å². The maximum Gasteiger partial charge on any atom is 0.261 e. The van der Waals surface area contributed by atoms with Crippen LogP contribution in [0.1, 0.15) is 27.2 Å². The van der Waals surface area contributed by atoms with Crippen molar-refractivity contribution in [1.82, 2.24) is 4.98 Å². The Morgan fingerprint density at radius 1 is 0.944 bits per heavy atom. The summed E-state index contributed by atoms with van der Waals surface area (Å²) in [5.41, 5.74) is 6.70. The third-order valence-corrected chi connectivity index (χ3v) is 5.98. The first-order valence-electron chi connectivity index (χ1n) is 11.6. The number of carbonyl (C=O) groups excluding carboxylic acids is 1. The summed E-state index contributed by atoms with van der Waals surface area (Å²) in [6.07, 6.45) is 1.59. The molecule has 5 rings (SSSR count). The van der Waals surface area contributed by atoms with Gasteiger partial charge in [-0.15, -0.1) is 0 Å². The highest BCUT2D eigenvalue weighted by molar-refractivity contribution is 6.05.